The van der Waals surface area contributed by atoms with Crippen molar-refractivity contribution in [3.8, 4) is 5.75 Å². The van der Waals surface area contributed by atoms with Gasteiger partial charge in [0.25, 0.3) is 0 Å². The van der Waals surface area contributed by atoms with Crippen LogP contribution in [0.5, 0.6) is 5.75 Å². The van der Waals surface area contributed by atoms with Gasteiger partial charge in [-0.15, -0.1) is 0 Å². The number of halogens is 1. The lowest BCUT2D eigenvalue weighted by atomic mass is 9.96. The molecule has 0 radical (unpaired) electrons. The number of ether oxygens (including phenoxy) is 1. The van der Waals surface area contributed by atoms with Crippen LogP contribution >= 0.6 is 15.9 Å². The summed E-state index contributed by atoms with van der Waals surface area (Å²) in [7, 11) is 1.46. The number of aliphatic hydroxyl groups excluding tert-OH is 1. The minimum absolute atomic E-state index is 0.179. The zero-order valence-corrected chi connectivity index (χ0v) is 11.4. The molecular formula is C12H16BrNO3. The highest BCUT2D eigenvalue weighted by Gasteiger charge is 2.30. The van der Waals surface area contributed by atoms with Crippen molar-refractivity contribution in [2.24, 2.45) is 0 Å². The molecular weight excluding hydrogens is 286 g/mol. The molecule has 1 aromatic rings. The standard InChI is InChI=1S/C12H16BrNO3/c1-7-3-4-8-10(14(7)12(16)17-2)6-5-9(13)11(8)15/h5-7,12,15-16H,3-4H2,1-2H3/t7-,12?/m0/s1. The van der Waals surface area contributed by atoms with Crippen LogP contribution in [0, 0.1) is 0 Å². The van der Waals surface area contributed by atoms with Gasteiger partial charge in [0.1, 0.15) is 5.75 Å². The zero-order chi connectivity index (χ0) is 12.6. The Balaban J connectivity index is 2.49. The van der Waals surface area contributed by atoms with E-state index in [1.54, 1.807) is 11.0 Å². The highest BCUT2D eigenvalue weighted by molar-refractivity contribution is 9.10. The summed E-state index contributed by atoms with van der Waals surface area (Å²) in [5.41, 5.74) is 1.69. The van der Waals surface area contributed by atoms with E-state index in [4.69, 9.17) is 4.74 Å². The van der Waals surface area contributed by atoms with Gasteiger partial charge in [-0.05, 0) is 47.8 Å². The molecule has 4 nitrogen and oxygen atoms in total. The second-order valence-electron chi connectivity index (χ2n) is 4.25. The Kier molecular flexibility index (Phi) is 3.61. The van der Waals surface area contributed by atoms with Crippen molar-refractivity contribution < 1.29 is 14.9 Å². The van der Waals surface area contributed by atoms with Crippen LogP contribution in [0.1, 0.15) is 18.9 Å². The number of aliphatic hydroxyl groups is 1. The van der Waals surface area contributed by atoms with Crippen molar-refractivity contribution >= 4 is 21.6 Å². The van der Waals surface area contributed by atoms with Crippen LogP contribution in [0.3, 0.4) is 0 Å². The molecule has 1 heterocycles. The number of fused-ring (bicyclic) bond motifs is 1. The number of rotatable bonds is 2. The van der Waals surface area contributed by atoms with E-state index >= 15 is 0 Å². The summed E-state index contributed by atoms with van der Waals surface area (Å²) in [6.07, 6.45) is 0.691. The molecule has 1 aliphatic rings. The third kappa shape index (κ3) is 2.14. The first-order valence-corrected chi connectivity index (χ1v) is 6.35. The molecule has 5 heteroatoms. The predicted molar refractivity (Wildman–Crippen MR) is 69.1 cm³/mol. The molecule has 0 aromatic heterocycles. The highest BCUT2D eigenvalue weighted by Crippen LogP contribution is 2.40. The summed E-state index contributed by atoms with van der Waals surface area (Å²) in [6.45, 7) is 2.03. The largest absolute Gasteiger partial charge is 0.506 e. The van der Waals surface area contributed by atoms with Crippen molar-refractivity contribution in [2.45, 2.75) is 32.2 Å². The van der Waals surface area contributed by atoms with E-state index in [-0.39, 0.29) is 11.8 Å². The summed E-state index contributed by atoms with van der Waals surface area (Å²) >= 11 is 3.30. The molecule has 0 aliphatic carbocycles. The Labute approximate surface area is 109 Å². The Morgan fingerprint density at radius 2 is 2.24 bits per heavy atom. The van der Waals surface area contributed by atoms with Crippen molar-refractivity contribution in [2.75, 3.05) is 12.0 Å². The van der Waals surface area contributed by atoms with Crippen molar-refractivity contribution in [3.63, 3.8) is 0 Å². The Hall–Kier alpha value is -0.780. The van der Waals surface area contributed by atoms with Crippen molar-refractivity contribution in [1.29, 1.82) is 0 Å². The van der Waals surface area contributed by atoms with Crippen molar-refractivity contribution in [3.05, 3.63) is 22.2 Å². The Morgan fingerprint density at radius 1 is 1.53 bits per heavy atom. The molecule has 2 rings (SSSR count). The first kappa shape index (κ1) is 12.7. The van der Waals surface area contributed by atoms with E-state index in [1.807, 2.05) is 13.0 Å². The maximum absolute atomic E-state index is 10.0. The fourth-order valence-electron chi connectivity index (χ4n) is 2.27. The summed E-state index contributed by atoms with van der Waals surface area (Å²) in [5, 5.41) is 19.9. The second-order valence-corrected chi connectivity index (χ2v) is 5.10. The fourth-order valence-corrected chi connectivity index (χ4v) is 2.64. The molecule has 0 saturated heterocycles. The summed E-state index contributed by atoms with van der Waals surface area (Å²) < 4.78 is 5.65. The van der Waals surface area contributed by atoms with Gasteiger partial charge in [-0.25, -0.2) is 0 Å². The Morgan fingerprint density at radius 3 is 2.88 bits per heavy atom. The molecule has 0 spiro atoms. The zero-order valence-electron chi connectivity index (χ0n) is 9.85. The number of aromatic hydroxyl groups is 1. The third-order valence-electron chi connectivity index (χ3n) is 3.22. The number of phenols is 1. The minimum Gasteiger partial charge on any atom is -0.506 e. The summed E-state index contributed by atoms with van der Waals surface area (Å²) in [5.74, 6) is 0.253. The normalized spacial score (nSPS) is 21.2. The van der Waals surface area contributed by atoms with Gasteiger partial charge in [0.2, 0.25) is 6.41 Å². The molecule has 0 bridgehead atoms. The van der Waals surface area contributed by atoms with Gasteiger partial charge >= 0.3 is 0 Å². The number of nitrogens with zero attached hydrogens (tertiary/aromatic N) is 1. The topological polar surface area (TPSA) is 52.9 Å². The molecule has 17 heavy (non-hydrogen) atoms. The lowest BCUT2D eigenvalue weighted by Crippen LogP contribution is -2.45. The summed E-state index contributed by atoms with van der Waals surface area (Å²) in [6, 6.07) is 3.84. The van der Waals surface area contributed by atoms with Crippen LogP contribution < -0.4 is 4.90 Å². The third-order valence-corrected chi connectivity index (χ3v) is 3.86. The van der Waals surface area contributed by atoms with E-state index in [9.17, 15) is 10.2 Å². The van der Waals surface area contributed by atoms with E-state index in [2.05, 4.69) is 15.9 Å². The van der Waals surface area contributed by atoms with E-state index < -0.39 is 6.41 Å². The van der Waals surface area contributed by atoms with Gasteiger partial charge in [0, 0.05) is 24.4 Å². The molecule has 1 aromatic carbocycles. The lowest BCUT2D eigenvalue weighted by molar-refractivity contribution is -0.0795. The molecule has 1 aliphatic heterocycles. The molecule has 2 atom stereocenters. The van der Waals surface area contributed by atoms with Gasteiger partial charge in [-0.3, -0.25) is 0 Å². The predicted octanol–water partition coefficient (Wildman–Crippen LogP) is 2.22. The first-order chi connectivity index (χ1) is 8.06. The summed E-state index contributed by atoms with van der Waals surface area (Å²) in [4.78, 5) is 1.78. The highest BCUT2D eigenvalue weighted by atomic mass is 79.9. The van der Waals surface area contributed by atoms with E-state index in [0.29, 0.717) is 4.47 Å². The van der Waals surface area contributed by atoms with E-state index in [1.165, 1.54) is 7.11 Å². The van der Waals surface area contributed by atoms with Crippen LogP contribution in [0.15, 0.2) is 16.6 Å². The number of methoxy groups -OCH3 is 1. The van der Waals surface area contributed by atoms with Crippen LogP contribution in [0.4, 0.5) is 5.69 Å². The maximum atomic E-state index is 10.0. The Bertz CT molecular complexity index is 424. The van der Waals surface area contributed by atoms with Gasteiger partial charge in [-0.2, -0.15) is 0 Å². The number of phenolic OH excluding ortho intramolecular Hbond substituents is 1. The number of benzene rings is 1. The monoisotopic (exact) mass is 301 g/mol. The molecule has 0 saturated carbocycles. The fraction of sp³-hybridized carbons (Fsp3) is 0.500. The van der Waals surface area contributed by atoms with Gasteiger partial charge in [-0.1, -0.05) is 0 Å². The molecule has 2 N–H and O–H groups in total. The quantitative estimate of drug-likeness (QED) is 0.823. The molecule has 94 valence electrons. The minimum atomic E-state index is -0.982. The van der Waals surface area contributed by atoms with Gasteiger partial charge in [0.15, 0.2) is 0 Å². The SMILES string of the molecule is COC(O)N1c2ccc(Br)c(O)c2CC[C@@H]1C. The molecule has 0 amide bonds. The smallest absolute Gasteiger partial charge is 0.237 e. The lowest BCUT2D eigenvalue weighted by Gasteiger charge is -2.39. The first-order valence-electron chi connectivity index (χ1n) is 5.55. The second kappa shape index (κ2) is 4.84. The molecule has 0 fully saturated rings. The number of anilines is 1. The van der Waals surface area contributed by atoms with Crippen LogP contribution in [-0.4, -0.2) is 29.8 Å². The van der Waals surface area contributed by atoms with Crippen LogP contribution in [0.2, 0.25) is 0 Å². The molecule has 1 unspecified atom stereocenters. The van der Waals surface area contributed by atoms with Crippen LogP contribution in [0.25, 0.3) is 0 Å². The van der Waals surface area contributed by atoms with Gasteiger partial charge in [0.05, 0.1) is 4.47 Å². The number of hydrogen-bond acceptors (Lipinski definition) is 4. The van der Waals surface area contributed by atoms with Crippen molar-refractivity contribution in [1.82, 2.24) is 0 Å². The van der Waals surface area contributed by atoms with E-state index in [0.717, 1.165) is 24.1 Å². The average molecular weight is 302 g/mol. The number of hydrogen-bond donors (Lipinski definition) is 2. The maximum Gasteiger partial charge on any atom is 0.237 e. The average Bonchev–Trinajstić information content (AvgIpc) is 2.33. The van der Waals surface area contributed by atoms with Gasteiger partial charge < -0.3 is 19.8 Å². The van der Waals surface area contributed by atoms with Crippen LogP contribution in [-0.2, 0) is 11.2 Å².